The number of carboxylic acid groups (broad SMARTS) is 1. The third-order valence-electron chi connectivity index (χ3n) is 3.28. The molecule has 0 unspecified atom stereocenters. The molecule has 0 bridgehead atoms. The average molecular weight is 337 g/mol. The van der Waals surface area contributed by atoms with Crippen LogP contribution in [-0.4, -0.2) is 38.8 Å². The number of ether oxygens (including phenoxy) is 1. The van der Waals surface area contributed by atoms with Gasteiger partial charge in [-0.1, -0.05) is 0 Å². The molecule has 2 rings (SSSR count). The van der Waals surface area contributed by atoms with E-state index in [4.69, 9.17) is 9.84 Å². The van der Waals surface area contributed by atoms with Gasteiger partial charge in [0.05, 0.1) is 18.4 Å². The predicted molar refractivity (Wildman–Crippen MR) is 83.6 cm³/mol. The van der Waals surface area contributed by atoms with Gasteiger partial charge in [-0.15, -0.1) is 0 Å². The van der Waals surface area contributed by atoms with Crippen LogP contribution in [0.5, 0.6) is 11.5 Å². The molecule has 2 N–H and O–H groups in total. The maximum absolute atomic E-state index is 12.6. The van der Waals surface area contributed by atoms with E-state index < -0.39 is 21.7 Å². The number of rotatable bonds is 5. The van der Waals surface area contributed by atoms with Crippen molar-refractivity contribution in [3.05, 3.63) is 48.0 Å². The molecule has 23 heavy (non-hydrogen) atoms. The van der Waals surface area contributed by atoms with Crippen molar-refractivity contribution in [2.24, 2.45) is 0 Å². The summed E-state index contributed by atoms with van der Waals surface area (Å²) in [5, 5.41) is 18.7. The van der Waals surface area contributed by atoms with Crippen LogP contribution in [-0.2, 0) is 10.0 Å². The number of carbonyl (C=O) groups is 1. The van der Waals surface area contributed by atoms with Crippen LogP contribution in [0.15, 0.2) is 47.4 Å². The first kappa shape index (κ1) is 16.6. The fourth-order valence-corrected chi connectivity index (χ4v) is 3.22. The molecular weight excluding hydrogens is 322 g/mol. The van der Waals surface area contributed by atoms with Crippen molar-refractivity contribution in [3.8, 4) is 11.5 Å². The van der Waals surface area contributed by atoms with Crippen molar-refractivity contribution in [1.29, 1.82) is 0 Å². The SMILES string of the molecule is COc1ccc(O)c(S(=O)(=O)N(C)c2ccc(C(=O)O)cc2)c1. The van der Waals surface area contributed by atoms with Gasteiger partial charge in [-0.3, -0.25) is 4.31 Å². The molecule has 0 aliphatic rings. The van der Waals surface area contributed by atoms with Gasteiger partial charge in [0.1, 0.15) is 16.4 Å². The Kier molecular flexibility index (Phi) is 4.46. The molecule has 0 aromatic heterocycles. The fourth-order valence-electron chi connectivity index (χ4n) is 1.93. The van der Waals surface area contributed by atoms with E-state index >= 15 is 0 Å². The first-order chi connectivity index (χ1) is 10.8. The van der Waals surface area contributed by atoms with Gasteiger partial charge in [0.25, 0.3) is 10.0 Å². The minimum absolute atomic E-state index is 0.0452. The standard InChI is InChI=1S/C15H15NO6S/c1-16(11-5-3-10(4-6-11)15(18)19)23(20,21)14-9-12(22-2)7-8-13(14)17/h3-9,17H,1-2H3,(H,18,19). The highest BCUT2D eigenvalue weighted by atomic mass is 32.2. The number of sulfonamides is 1. The van der Waals surface area contributed by atoms with Crippen LogP contribution in [0.3, 0.4) is 0 Å². The monoisotopic (exact) mass is 337 g/mol. The Morgan fingerprint density at radius 2 is 1.74 bits per heavy atom. The third kappa shape index (κ3) is 3.21. The van der Waals surface area contributed by atoms with E-state index in [1.165, 1.54) is 56.6 Å². The Balaban J connectivity index is 2.44. The van der Waals surface area contributed by atoms with Crippen molar-refractivity contribution >= 4 is 21.7 Å². The second kappa shape index (κ2) is 6.17. The van der Waals surface area contributed by atoms with Crippen LogP contribution in [0.1, 0.15) is 10.4 Å². The van der Waals surface area contributed by atoms with E-state index in [1.54, 1.807) is 0 Å². The second-order valence-corrected chi connectivity index (χ2v) is 6.60. The van der Waals surface area contributed by atoms with Crippen molar-refractivity contribution in [1.82, 2.24) is 0 Å². The molecule has 0 amide bonds. The fraction of sp³-hybridized carbons (Fsp3) is 0.133. The Morgan fingerprint density at radius 1 is 1.13 bits per heavy atom. The van der Waals surface area contributed by atoms with Crippen LogP contribution in [0, 0.1) is 0 Å². The first-order valence-electron chi connectivity index (χ1n) is 6.46. The Bertz CT molecular complexity index is 830. The Labute approximate surface area is 133 Å². The van der Waals surface area contributed by atoms with Gasteiger partial charge in [-0.2, -0.15) is 0 Å². The molecule has 0 aliphatic heterocycles. The molecular formula is C15H15NO6S. The maximum Gasteiger partial charge on any atom is 0.335 e. The summed E-state index contributed by atoms with van der Waals surface area (Å²) in [7, 11) is -1.34. The van der Waals surface area contributed by atoms with Gasteiger partial charge < -0.3 is 14.9 Å². The zero-order valence-corrected chi connectivity index (χ0v) is 13.2. The molecule has 0 radical (unpaired) electrons. The van der Waals surface area contributed by atoms with E-state index in [0.29, 0.717) is 0 Å². The predicted octanol–water partition coefficient (Wildman–Crippen LogP) is 1.92. The summed E-state index contributed by atoms with van der Waals surface area (Å²) in [5.74, 6) is -1.22. The van der Waals surface area contributed by atoms with Crippen LogP contribution < -0.4 is 9.04 Å². The van der Waals surface area contributed by atoms with E-state index in [2.05, 4.69) is 0 Å². The highest BCUT2D eigenvalue weighted by Crippen LogP contribution is 2.31. The average Bonchev–Trinajstić information content (AvgIpc) is 2.54. The van der Waals surface area contributed by atoms with Crippen LogP contribution >= 0.6 is 0 Å². The summed E-state index contributed by atoms with van der Waals surface area (Å²) in [6.07, 6.45) is 0. The number of phenolic OH excluding ortho intramolecular Hbond substituents is 1. The van der Waals surface area contributed by atoms with Gasteiger partial charge >= 0.3 is 5.97 Å². The topological polar surface area (TPSA) is 104 Å². The maximum atomic E-state index is 12.6. The normalized spacial score (nSPS) is 11.0. The lowest BCUT2D eigenvalue weighted by molar-refractivity contribution is 0.0697. The summed E-state index contributed by atoms with van der Waals surface area (Å²) in [4.78, 5) is 10.5. The first-order valence-corrected chi connectivity index (χ1v) is 7.90. The summed E-state index contributed by atoms with van der Waals surface area (Å²) in [6.45, 7) is 0. The molecule has 0 spiro atoms. The molecule has 0 fully saturated rings. The number of nitrogens with zero attached hydrogens (tertiary/aromatic N) is 1. The minimum atomic E-state index is -4.03. The van der Waals surface area contributed by atoms with Crippen LogP contribution in [0.4, 0.5) is 5.69 Å². The van der Waals surface area contributed by atoms with E-state index in [1.807, 2.05) is 0 Å². The molecule has 0 atom stereocenters. The van der Waals surface area contributed by atoms with Crippen LogP contribution in [0.25, 0.3) is 0 Å². The summed E-state index contributed by atoms with van der Waals surface area (Å²) in [5.41, 5.74) is 0.306. The molecule has 0 heterocycles. The van der Waals surface area contributed by atoms with Gasteiger partial charge in [0.15, 0.2) is 0 Å². The van der Waals surface area contributed by atoms with Gasteiger partial charge in [-0.25, -0.2) is 13.2 Å². The largest absolute Gasteiger partial charge is 0.507 e. The van der Waals surface area contributed by atoms with Gasteiger partial charge in [-0.05, 0) is 36.4 Å². The number of aromatic carboxylic acids is 1. The number of methoxy groups -OCH3 is 1. The molecule has 2 aromatic carbocycles. The van der Waals surface area contributed by atoms with Crippen molar-refractivity contribution in [3.63, 3.8) is 0 Å². The number of benzene rings is 2. The highest BCUT2D eigenvalue weighted by Gasteiger charge is 2.25. The lowest BCUT2D eigenvalue weighted by Gasteiger charge is -2.20. The quantitative estimate of drug-likeness (QED) is 0.864. The zero-order chi connectivity index (χ0) is 17.2. The number of phenols is 1. The summed E-state index contributed by atoms with van der Waals surface area (Å²) < 4.78 is 31.2. The van der Waals surface area contributed by atoms with E-state index in [-0.39, 0.29) is 21.9 Å². The molecule has 0 saturated heterocycles. The molecule has 2 aromatic rings. The molecule has 0 saturated carbocycles. The number of carboxylic acids is 1. The Morgan fingerprint density at radius 3 is 2.26 bits per heavy atom. The minimum Gasteiger partial charge on any atom is -0.507 e. The van der Waals surface area contributed by atoms with Crippen molar-refractivity contribution in [2.75, 3.05) is 18.5 Å². The van der Waals surface area contributed by atoms with E-state index in [0.717, 1.165) is 4.31 Å². The van der Waals surface area contributed by atoms with Crippen molar-refractivity contribution < 1.29 is 28.2 Å². The van der Waals surface area contributed by atoms with Crippen LogP contribution in [0.2, 0.25) is 0 Å². The van der Waals surface area contributed by atoms with Gasteiger partial charge in [0.2, 0.25) is 0 Å². The molecule has 8 heteroatoms. The third-order valence-corrected chi connectivity index (χ3v) is 5.10. The molecule has 122 valence electrons. The number of hydrogen-bond donors (Lipinski definition) is 2. The lowest BCUT2D eigenvalue weighted by Crippen LogP contribution is -2.26. The van der Waals surface area contributed by atoms with Gasteiger partial charge in [0, 0.05) is 13.1 Å². The Hall–Kier alpha value is -2.74. The molecule has 0 aliphatic carbocycles. The number of anilines is 1. The zero-order valence-electron chi connectivity index (χ0n) is 12.4. The summed E-state index contributed by atoms with van der Waals surface area (Å²) >= 11 is 0. The number of hydrogen-bond acceptors (Lipinski definition) is 5. The summed E-state index contributed by atoms with van der Waals surface area (Å²) in [6, 6.07) is 9.23. The van der Waals surface area contributed by atoms with Crippen molar-refractivity contribution in [2.45, 2.75) is 4.90 Å². The second-order valence-electron chi connectivity index (χ2n) is 4.66. The molecule has 7 nitrogen and oxygen atoms in total. The van der Waals surface area contributed by atoms with E-state index in [9.17, 15) is 18.3 Å². The smallest absolute Gasteiger partial charge is 0.335 e. The highest BCUT2D eigenvalue weighted by molar-refractivity contribution is 7.92. The lowest BCUT2D eigenvalue weighted by atomic mass is 10.2. The number of aromatic hydroxyl groups is 1.